The molecular formula is C21H29N3O2S. The lowest BCUT2D eigenvalue weighted by Gasteiger charge is -2.39. The van der Waals surface area contributed by atoms with Gasteiger partial charge in [0.05, 0.1) is 5.75 Å². The van der Waals surface area contributed by atoms with Crippen molar-refractivity contribution in [3.63, 3.8) is 0 Å². The van der Waals surface area contributed by atoms with E-state index in [1.165, 1.54) is 23.7 Å². The van der Waals surface area contributed by atoms with Crippen LogP contribution in [-0.4, -0.2) is 38.8 Å². The van der Waals surface area contributed by atoms with E-state index in [-0.39, 0.29) is 11.3 Å². The lowest BCUT2D eigenvalue weighted by molar-refractivity contribution is -0.134. The highest BCUT2D eigenvalue weighted by atomic mass is 32.2. The molecule has 1 fully saturated rings. The minimum atomic E-state index is 0.109. The third-order valence-corrected chi connectivity index (χ3v) is 6.01. The van der Waals surface area contributed by atoms with Crippen molar-refractivity contribution in [3.8, 4) is 11.5 Å². The third-order valence-electron chi connectivity index (χ3n) is 5.20. The molecule has 3 rings (SSSR count). The summed E-state index contributed by atoms with van der Waals surface area (Å²) in [4.78, 5) is 14.6. The van der Waals surface area contributed by atoms with Gasteiger partial charge in [0.2, 0.25) is 11.8 Å². The van der Waals surface area contributed by atoms with Crippen molar-refractivity contribution < 1.29 is 9.21 Å². The molecular weight excluding hydrogens is 358 g/mol. The lowest BCUT2D eigenvalue weighted by atomic mass is 9.87. The van der Waals surface area contributed by atoms with Gasteiger partial charge in [0, 0.05) is 17.6 Å². The van der Waals surface area contributed by atoms with Crippen molar-refractivity contribution in [1.82, 2.24) is 15.1 Å². The Hall–Kier alpha value is -1.82. The van der Waals surface area contributed by atoms with Crippen LogP contribution in [0.25, 0.3) is 11.5 Å². The Kier molecular flexibility index (Phi) is 5.94. The fraction of sp³-hybridized carbons (Fsp3) is 0.571. The summed E-state index contributed by atoms with van der Waals surface area (Å²) in [6, 6.07) is 8.81. The molecule has 0 N–H and O–H groups in total. The number of aromatic nitrogens is 2. The standard InChI is InChI=1S/C21H29N3O2S/c1-14-7-6-8-15(2)24(14)18(25)13-27-20-23-22-19(26-20)16-9-11-17(12-10-16)21(3,4)5/h9-12,14-15H,6-8,13H2,1-5H3/t14-,15-/m0/s1. The highest BCUT2D eigenvalue weighted by Crippen LogP contribution is 2.28. The van der Waals surface area contributed by atoms with Crippen molar-refractivity contribution >= 4 is 17.7 Å². The molecule has 1 amide bonds. The fourth-order valence-electron chi connectivity index (χ4n) is 3.61. The summed E-state index contributed by atoms with van der Waals surface area (Å²) < 4.78 is 5.76. The van der Waals surface area contributed by atoms with Crippen LogP contribution in [0.2, 0.25) is 0 Å². The van der Waals surface area contributed by atoms with Crippen LogP contribution in [0.1, 0.15) is 59.4 Å². The Labute approximate surface area is 165 Å². The molecule has 0 radical (unpaired) electrons. The average Bonchev–Trinajstić information content (AvgIpc) is 3.08. The van der Waals surface area contributed by atoms with E-state index < -0.39 is 0 Å². The molecule has 5 nitrogen and oxygen atoms in total. The number of carbonyl (C=O) groups is 1. The number of piperidine rings is 1. The van der Waals surface area contributed by atoms with E-state index in [0.29, 0.717) is 29.0 Å². The van der Waals surface area contributed by atoms with Crippen LogP contribution in [0, 0.1) is 0 Å². The molecule has 1 aliphatic heterocycles. The van der Waals surface area contributed by atoms with E-state index in [9.17, 15) is 4.79 Å². The van der Waals surface area contributed by atoms with Gasteiger partial charge in [-0.25, -0.2) is 0 Å². The molecule has 0 saturated carbocycles. The van der Waals surface area contributed by atoms with E-state index in [2.05, 4.69) is 56.9 Å². The summed E-state index contributed by atoms with van der Waals surface area (Å²) in [5.41, 5.74) is 2.26. The zero-order chi connectivity index (χ0) is 19.6. The number of thioether (sulfide) groups is 1. The number of amides is 1. The molecule has 2 aromatic rings. The summed E-state index contributed by atoms with van der Waals surface area (Å²) in [6.07, 6.45) is 3.35. The monoisotopic (exact) mass is 387 g/mol. The molecule has 0 spiro atoms. The van der Waals surface area contributed by atoms with E-state index in [1.807, 2.05) is 17.0 Å². The Morgan fingerprint density at radius 2 is 1.78 bits per heavy atom. The molecule has 0 aliphatic carbocycles. The van der Waals surface area contributed by atoms with E-state index >= 15 is 0 Å². The van der Waals surface area contributed by atoms with Crippen molar-refractivity contribution in [3.05, 3.63) is 29.8 Å². The highest BCUT2D eigenvalue weighted by molar-refractivity contribution is 7.99. The first-order valence-electron chi connectivity index (χ1n) is 9.64. The maximum atomic E-state index is 12.6. The summed E-state index contributed by atoms with van der Waals surface area (Å²) in [5, 5.41) is 8.67. The molecule has 1 saturated heterocycles. The molecule has 27 heavy (non-hydrogen) atoms. The van der Waals surface area contributed by atoms with Gasteiger partial charge in [-0.15, -0.1) is 10.2 Å². The van der Waals surface area contributed by atoms with Gasteiger partial charge >= 0.3 is 0 Å². The van der Waals surface area contributed by atoms with Gasteiger partial charge in [-0.1, -0.05) is 44.7 Å². The summed E-state index contributed by atoms with van der Waals surface area (Å²) in [6.45, 7) is 10.8. The number of rotatable bonds is 4. The number of hydrogen-bond donors (Lipinski definition) is 0. The number of hydrogen-bond acceptors (Lipinski definition) is 5. The first-order valence-corrected chi connectivity index (χ1v) is 10.6. The predicted octanol–water partition coefficient (Wildman–Crippen LogP) is 4.92. The van der Waals surface area contributed by atoms with Crippen LogP contribution >= 0.6 is 11.8 Å². The second kappa shape index (κ2) is 8.05. The van der Waals surface area contributed by atoms with E-state index in [4.69, 9.17) is 4.42 Å². The first kappa shape index (κ1) is 19.9. The highest BCUT2D eigenvalue weighted by Gasteiger charge is 2.29. The van der Waals surface area contributed by atoms with Gasteiger partial charge in [0.25, 0.3) is 5.22 Å². The SMILES string of the molecule is C[C@H]1CCC[C@H](C)N1C(=O)CSc1nnc(-c2ccc(C(C)(C)C)cc2)o1. The Bertz CT molecular complexity index is 769. The van der Waals surface area contributed by atoms with Crippen LogP contribution in [0.3, 0.4) is 0 Å². The molecule has 1 aromatic carbocycles. The lowest BCUT2D eigenvalue weighted by Crippen LogP contribution is -2.48. The average molecular weight is 388 g/mol. The van der Waals surface area contributed by atoms with Gasteiger partial charge < -0.3 is 9.32 Å². The molecule has 1 aromatic heterocycles. The smallest absolute Gasteiger partial charge is 0.277 e. The van der Waals surface area contributed by atoms with Gasteiger partial charge in [0.1, 0.15) is 0 Å². The molecule has 0 bridgehead atoms. The number of nitrogens with zero attached hydrogens (tertiary/aromatic N) is 3. The van der Waals surface area contributed by atoms with Gasteiger partial charge in [-0.05, 0) is 56.2 Å². The Morgan fingerprint density at radius 1 is 1.15 bits per heavy atom. The van der Waals surface area contributed by atoms with E-state index in [1.54, 1.807) is 0 Å². The van der Waals surface area contributed by atoms with Gasteiger partial charge in [0.15, 0.2) is 0 Å². The zero-order valence-corrected chi connectivity index (χ0v) is 17.7. The molecule has 0 unspecified atom stereocenters. The molecule has 2 heterocycles. The van der Waals surface area contributed by atoms with Crippen molar-refractivity contribution in [2.45, 2.75) is 76.6 Å². The number of likely N-dealkylation sites (tertiary alicyclic amines) is 1. The normalized spacial score (nSPS) is 20.7. The van der Waals surface area contributed by atoms with Crippen molar-refractivity contribution in [1.29, 1.82) is 0 Å². The van der Waals surface area contributed by atoms with E-state index in [0.717, 1.165) is 18.4 Å². The molecule has 1 aliphatic rings. The maximum Gasteiger partial charge on any atom is 0.277 e. The van der Waals surface area contributed by atoms with Crippen LogP contribution < -0.4 is 0 Å². The molecule has 2 atom stereocenters. The van der Waals surface area contributed by atoms with Crippen LogP contribution in [-0.2, 0) is 10.2 Å². The minimum absolute atomic E-state index is 0.109. The first-order chi connectivity index (χ1) is 12.8. The fourth-order valence-corrected chi connectivity index (χ4v) is 4.24. The topological polar surface area (TPSA) is 59.2 Å². The maximum absolute atomic E-state index is 12.6. The molecule has 146 valence electrons. The summed E-state index contributed by atoms with van der Waals surface area (Å²) in [5.74, 6) is 0.971. The van der Waals surface area contributed by atoms with Gasteiger partial charge in [-0.2, -0.15) is 0 Å². The molecule has 6 heteroatoms. The zero-order valence-electron chi connectivity index (χ0n) is 16.9. The van der Waals surface area contributed by atoms with Crippen molar-refractivity contribution in [2.24, 2.45) is 0 Å². The Balaban J connectivity index is 1.62. The van der Waals surface area contributed by atoms with Crippen LogP contribution in [0.15, 0.2) is 33.9 Å². The Morgan fingerprint density at radius 3 is 2.37 bits per heavy atom. The number of benzene rings is 1. The summed E-state index contributed by atoms with van der Waals surface area (Å²) in [7, 11) is 0. The van der Waals surface area contributed by atoms with Crippen LogP contribution in [0.5, 0.6) is 0 Å². The second-order valence-corrected chi connectivity index (χ2v) is 9.35. The van der Waals surface area contributed by atoms with Gasteiger partial charge in [-0.3, -0.25) is 4.79 Å². The largest absolute Gasteiger partial charge is 0.411 e. The second-order valence-electron chi connectivity index (χ2n) is 8.42. The minimum Gasteiger partial charge on any atom is -0.411 e. The number of carbonyl (C=O) groups excluding carboxylic acids is 1. The summed E-state index contributed by atoms with van der Waals surface area (Å²) >= 11 is 1.32. The quantitative estimate of drug-likeness (QED) is 0.697. The predicted molar refractivity (Wildman–Crippen MR) is 109 cm³/mol. The third kappa shape index (κ3) is 4.72. The van der Waals surface area contributed by atoms with Crippen molar-refractivity contribution in [2.75, 3.05) is 5.75 Å². The van der Waals surface area contributed by atoms with Crippen LogP contribution in [0.4, 0.5) is 0 Å².